The molecule has 0 spiro atoms. The number of rotatable bonds is 6. The van der Waals surface area contributed by atoms with Gasteiger partial charge in [0.1, 0.15) is 0 Å². The largest absolute Gasteiger partial charge is 0.309 e. The minimum Gasteiger partial charge on any atom is -0.309 e. The Bertz CT molecular complexity index is 3080. The Balaban J connectivity index is 1.15. The van der Waals surface area contributed by atoms with Crippen molar-refractivity contribution in [2.24, 2.45) is 0 Å². The maximum atomic E-state index is 2.58. The van der Waals surface area contributed by atoms with E-state index in [0.29, 0.717) is 0 Å². The summed E-state index contributed by atoms with van der Waals surface area (Å²) < 4.78 is 0. The molecule has 0 saturated carbocycles. The summed E-state index contributed by atoms with van der Waals surface area (Å²) in [5, 5.41) is 0. The molecule has 0 bridgehead atoms. The van der Waals surface area contributed by atoms with Gasteiger partial charge in [0.05, 0.1) is 11.1 Å². The summed E-state index contributed by atoms with van der Waals surface area (Å²) in [5.74, 6) is 0. The lowest BCUT2D eigenvalue weighted by atomic mass is 9.67. The summed E-state index contributed by atoms with van der Waals surface area (Å²) in [4.78, 5) is 2.58. The van der Waals surface area contributed by atoms with Gasteiger partial charge in [-0.1, -0.05) is 216 Å². The minimum atomic E-state index is -0.476. The number of hydrogen-bond donors (Lipinski definition) is 0. The van der Waals surface area contributed by atoms with Gasteiger partial charge in [-0.05, 0) is 102 Å². The van der Waals surface area contributed by atoms with Crippen LogP contribution >= 0.6 is 0 Å². The maximum Gasteiger partial charge on any atom is 0.0713 e. The lowest BCUT2D eigenvalue weighted by Crippen LogP contribution is -2.28. The third kappa shape index (κ3) is 4.97. The number of nitrogens with zero attached hydrogens (tertiary/aromatic N) is 1. The lowest BCUT2D eigenvalue weighted by Gasteiger charge is -2.35. The summed E-state index contributed by atoms with van der Waals surface area (Å²) in [6.07, 6.45) is 0. The van der Waals surface area contributed by atoms with Crippen LogP contribution in [0.5, 0.6) is 0 Å². The summed E-state index contributed by atoms with van der Waals surface area (Å²) in [6, 6.07) is 79.5. The molecule has 62 heavy (non-hydrogen) atoms. The predicted octanol–water partition coefficient (Wildman–Crippen LogP) is 15.8. The molecule has 0 fully saturated rings. The fourth-order valence-corrected chi connectivity index (χ4v) is 11.6. The molecule has 3 aliphatic rings. The molecule has 0 radical (unpaired) electrons. The van der Waals surface area contributed by atoms with Gasteiger partial charge in [-0.25, -0.2) is 0 Å². The third-order valence-corrected chi connectivity index (χ3v) is 14.6. The highest BCUT2D eigenvalue weighted by atomic mass is 15.1. The van der Waals surface area contributed by atoms with E-state index < -0.39 is 5.41 Å². The molecule has 296 valence electrons. The number of benzene rings is 9. The zero-order valence-corrected chi connectivity index (χ0v) is 35.7. The molecule has 0 N–H and O–H groups in total. The average molecular weight is 794 g/mol. The molecule has 0 aromatic heterocycles. The van der Waals surface area contributed by atoms with Gasteiger partial charge in [-0.2, -0.15) is 0 Å². The molecule has 3 aliphatic carbocycles. The highest BCUT2D eigenvalue weighted by molar-refractivity contribution is 6.06. The Hall–Kier alpha value is -7.22. The van der Waals surface area contributed by atoms with Crippen molar-refractivity contribution in [1.82, 2.24) is 0 Å². The van der Waals surface area contributed by atoms with Gasteiger partial charge < -0.3 is 4.90 Å². The zero-order valence-electron chi connectivity index (χ0n) is 35.7. The van der Waals surface area contributed by atoms with Crippen LogP contribution in [0.25, 0.3) is 44.5 Å². The van der Waals surface area contributed by atoms with Crippen LogP contribution in [0, 0.1) is 0 Å². The summed E-state index contributed by atoms with van der Waals surface area (Å²) >= 11 is 0. The number of anilines is 3. The Morgan fingerprint density at radius 3 is 1.18 bits per heavy atom. The SMILES string of the molecule is CC1(C)c2ccccc2-c2c1cc1c(c2N(c2ccc(-c3ccccc3)cc2)c2ccc(C3(c4ccccc4)c4ccccc4-c4ccccc43)cc2)-c2ccccc2C1(C)C. The molecule has 0 unspecified atom stereocenters. The van der Waals surface area contributed by atoms with Crippen LogP contribution in [-0.2, 0) is 16.2 Å². The first-order valence-corrected chi connectivity index (χ1v) is 22.0. The normalized spacial score (nSPS) is 15.2. The van der Waals surface area contributed by atoms with E-state index in [9.17, 15) is 0 Å². The van der Waals surface area contributed by atoms with E-state index in [2.05, 4.69) is 245 Å². The fourth-order valence-electron chi connectivity index (χ4n) is 11.6. The van der Waals surface area contributed by atoms with Crippen LogP contribution in [0.15, 0.2) is 212 Å². The smallest absolute Gasteiger partial charge is 0.0713 e. The first kappa shape index (κ1) is 36.6. The monoisotopic (exact) mass is 793 g/mol. The van der Waals surface area contributed by atoms with E-state index in [-0.39, 0.29) is 10.8 Å². The molecule has 0 saturated heterocycles. The molecular weight excluding hydrogens is 747 g/mol. The van der Waals surface area contributed by atoms with Crippen molar-refractivity contribution in [3.63, 3.8) is 0 Å². The van der Waals surface area contributed by atoms with E-state index in [1.807, 2.05) is 0 Å². The van der Waals surface area contributed by atoms with Gasteiger partial charge in [-0.15, -0.1) is 0 Å². The van der Waals surface area contributed by atoms with Crippen molar-refractivity contribution in [2.45, 2.75) is 43.9 Å². The van der Waals surface area contributed by atoms with Gasteiger partial charge in [0, 0.05) is 33.3 Å². The van der Waals surface area contributed by atoms with E-state index in [0.717, 1.165) is 11.4 Å². The first-order chi connectivity index (χ1) is 30.3. The van der Waals surface area contributed by atoms with Crippen molar-refractivity contribution in [2.75, 3.05) is 4.90 Å². The standard InChI is InChI=1S/C61H47N/c1-59(2)50-27-15-13-25-48(50)56-54(59)39-55-57(49-26-14-16-28-51(49)60(55,3)4)58(56)62(44-35-31-41(32-36-44)40-19-7-5-8-20-40)45-37-33-43(34-38-45)61(42-21-9-6-10-22-42)52-29-17-11-23-46(52)47-24-12-18-30-53(47)61/h5-39H,1-4H3. The highest BCUT2D eigenvalue weighted by Crippen LogP contribution is 2.63. The Labute approximate surface area is 365 Å². The van der Waals surface area contributed by atoms with Gasteiger partial charge in [0.25, 0.3) is 0 Å². The van der Waals surface area contributed by atoms with E-state index >= 15 is 0 Å². The molecule has 0 atom stereocenters. The number of hydrogen-bond acceptors (Lipinski definition) is 1. The molecule has 12 rings (SSSR count). The van der Waals surface area contributed by atoms with Crippen molar-refractivity contribution < 1.29 is 0 Å². The van der Waals surface area contributed by atoms with Crippen LogP contribution in [0.1, 0.15) is 72.2 Å². The van der Waals surface area contributed by atoms with Gasteiger partial charge in [-0.3, -0.25) is 0 Å². The Kier molecular flexibility index (Phi) is 7.91. The van der Waals surface area contributed by atoms with Crippen LogP contribution in [0.3, 0.4) is 0 Å². The minimum absolute atomic E-state index is 0.182. The van der Waals surface area contributed by atoms with Gasteiger partial charge >= 0.3 is 0 Å². The van der Waals surface area contributed by atoms with Crippen LogP contribution in [0.2, 0.25) is 0 Å². The first-order valence-electron chi connectivity index (χ1n) is 22.0. The topological polar surface area (TPSA) is 3.24 Å². The van der Waals surface area contributed by atoms with Crippen molar-refractivity contribution >= 4 is 17.1 Å². The van der Waals surface area contributed by atoms with E-state index in [4.69, 9.17) is 0 Å². The van der Waals surface area contributed by atoms with Crippen LogP contribution in [0.4, 0.5) is 17.1 Å². The molecular formula is C61H47N. The van der Waals surface area contributed by atoms with Crippen LogP contribution < -0.4 is 4.90 Å². The molecule has 1 nitrogen and oxygen atoms in total. The Morgan fingerprint density at radius 1 is 0.306 bits per heavy atom. The zero-order chi connectivity index (χ0) is 41.8. The predicted molar refractivity (Wildman–Crippen MR) is 259 cm³/mol. The molecule has 0 aliphatic heterocycles. The quantitative estimate of drug-likeness (QED) is 0.162. The second kappa shape index (κ2) is 13.4. The molecule has 0 heterocycles. The summed E-state index contributed by atoms with van der Waals surface area (Å²) in [5.41, 5.74) is 23.7. The van der Waals surface area contributed by atoms with Crippen molar-refractivity contribution in [3.8, 4) is 44.5 Å². The summed E-state index contributed by atoms with van der Waals surface area (Å²) in [7, 11) is 0. The molecule has 9 aromatic rings. The van der Waals surface area contributed by atoms with E-state index in [1.54, 1.807) is 0 Å². The summed E-state index contributed by atoms with van der Waals surface area (Å²) in [6.45, 7) is 9.65. The fraction of sp³-hybridized carbons (Fsp3) is 0.115. The third-order valence-electron chi connectivity index (χ3n) is 14.6. The van der Waals surface area contributed by atoms with Gasteiger partial charge in [0.15, 0.2) is 0 Å². The van der Waals surface area contributed by atoms with Crippen LogP contribution in [-0.4, -0.2) is 0 Å². The van der Waals surface area contributed by atoms with Crippen molar-refractivity contribution in [1.29, 1.82) is 0 Å². The average Bonchev–Trinajstić information content (AvgIpc) is 3.85. The molecule has 0 amide bonds. The second-order valence-electron chi connectivity index (χ2n) is 18.4. The highest BCUT2D eigenvalue weighted by Gasteiger charge is 2.47. The molecule has 1 heteroatoms. The lowest BCUT2D eigenvalue weighted by molar-refractivity contribution is 0.639. The van der Waals surface area contributed by atoms with E-state index in [1.165, 1.54) is 94.7 Å². The molecule has 9 aromatic carbocycles. The van der Waals surface area contributed by atoms with Crippen molar-refractivity contribution in [3.05, 3.63) is 257 Å². The Morgan fingerprint density at radius 2 is 0.677 bits per heavy atom. The maximum absolute atomic E-state index is 2.58. The van der Waals surface area contributed by atoms with Gasteiger partial charge in [0.2, 0.25) is 0 Å². The number of fused-ring (bicyclic) bond motifs is 9. The second-order valence-corrected chi connectivity index (χ2v) is 18.4.